The number of hydroxylamine groups is 2. The summed E-state index contributed by atoms with van der Waals surface area (Å²) in [6, 6.07) is 24.7. The van der Waals surface area contributed by atoms with Crippen LogP contribution in [-0.4, -0.2) is 68.6 Å². The summed E-state index contributed by atoms with van der Waals surface area (Å²) in [7, 11) is 3.26. The number of hydrogen-bond donors (Lipinski definition) is 0. The van der Waals surface area contributed by atoms with Crippen LogP contribution in [0.3, 0.4) is 0 Å². The summed E-state index contributed by atoms with van der Waals surface area (Å²) in [5, 5.41) is 0.891. The van der Waals surface area contributed by atoms with E-state index < -0.39 is 18.1 Å². The molecule has 10 heteroatoms. The Morgan fingerprint density at radius 2 is 1.22 bits per heavy atom. The van der Waals surface area contributed by atoms with E-state index >= 15 is 0 Å². The smallest absolute Gasteiger partial charge is 0.264 e. The van der Waals surface area contributed by atoms with E-state index in [-0.39, 0.29) is 36.4 Å². The van der Waals surface area contributed by atoms with Crippen LogP contribution in [0, 0.1) is 0 Å². The summed E-state index contributed by atoms with van der Waals surface area (Å²) in [5.74, 6) is -1.05. The van der Waals surface area contributed by atoms with Crippen LogP contribution in [0.2, 0.25) is 0 Å². The lowest BCUT2D eigenvalue weighted by atomic mass is 10.2. The quantitative estimate of drug-likeness (QED) is 0.246. The fourth-order valence-corrected chi connectivity index (χ4v) is 3.84. The molecule has 10 nitrogen and oxygen atoms in total. The third-order valence-electron chi connectivity index (χ3n) is 5.94. The van der Waals surface area contributed by atoms with Gasteiger partial charge in [0.05, 0.1) is 11.3 Å². The van der Waals surface area contributed by atoms with Crippen molar-refractivity contribution in [1.29, 1.82) is 0 Å². The minimum atomic E-state index is -0.735. The van der Waals surface area contributed by atoms with Crippen molar-refractivity contribution >= 4 is 41.2 Å². The number of benzene rings is 3. The molecule has 3 aromatic carbocycles. The molecule has 0 aliphatic heterocycles. The molecule has 0 N–H and O–H groups in total. The van der Waals surface area contributed by atoms with Gasteiger partial charge in [0.2, 0.25) is 18.2 Å². The summed E-state index contributed by atoms with van der Waals surface area (Å²) < 4.78 is 5.89. The third-order valence-corrected chi connectivity index (χ3v) is 5.94. The Balaban J connectivity index is 1.87. The van der Waals surface area contributed by atoms with Crippen molar-refractivity contribution in [3.8, 4) is 5.75 Å². The number of anilines is 3. The molecule has 0 heterocycles. The zero-order valence-corrected chi connectivity index (χ0v) is 24.0. The van der Waals surface area contributed by atoms with Gasteiger partial charge in [0, 0.05) is 25.5 Å². The summed E-state index contributed by atoms with van der Waals surface area (Å²) >= 11 is 0. The molecule has 4 amide bonds. The van der Waals surface area contributed by atoms with E-state index in [9.17, 15) is 19.2 Å². The van der Waals surface area contributed by atoms with Crippen molar-refractivity contribution in [1.82, 2.24) is 5.06 Å². The van der Waals surface area contributed by atoms with Gasteiger partial charge < -0.3 is 14.5 Å². The molecule has 3 rings (SSSR count). The summed E-state index contributed by atoms with van der Waals surface area (Å²) in [5.41, 5.74) is 0.883. The summed E-state index contributed by atoms with van der Waals surface area (Å²) in [6.07, 6.45) is 0.416. The van der Waals surface area contributed by atoms with Crippen LogP contribution < -0.4 is 19.4 Å². The molecule has 0 aliphatic rings. The Kier molecular flexibility index (Phi) is 10.6. The van der Waals surface area contributed by atoms with Gasteiger partial charge in [-0.05, 0) is 57.2 Å². The first-order chi connectivity index (χ1) is 19.5. The van der Waals surface area contributed by atoms with Crippen molar-refractivity contribution in [2.75, 3.05) is 48.5 Å². The maximum Gasteiger partial charge on any atom is 0.264 e. The number of nitrogens with zero attached hydrogens (tertiary/aromatic N) is 4. The van der Waals surface area contributed by atoms with Crippen LogP contribution in [0.1, 0.15) is 20.8 Å². The molecule has 0 saturated heterocycles. The van der Waals surface area contributed by atoms with Gasteiger partial charge in [0.1, 0.15) is 18.8 Å². The Morgan fingerprint density at radius 3 is 1.76 bits per heavy atom. The number of carbonyl (C=O) groups is 4. The van der Waals surface area contributed by atoms with Gasteiger partial charge in [-0.3, -0.25) is 28.9 Å². The standard InChI is InChI=1S/C31H36N4O6/c1-31(2,3)41-34(23-36)20-29(38)35(21-28(37)32(4)24-14-8-6-9-15-24)26-18-12-13-19-27(26)40-22-30(39)33(5)25-16-10-7-11-17-25/h6-19,23H,20-22H2,1-5H3. The van der Waals surface area contributed by atoms with Crippen LogP contribution in [0.25, 0.3) is 0 Å². The monoisotopic (exact) mass is 560 g/mol. The van der Waals surface area contributed by atoms with Gasteiger partial charge in [-0.15, -0.1) is 0 Å². The van der Waals surface area contributed by atoms with Crippen LogP contribution in [0.5, 0.6) is 5.75 Å². The highest BCUT2D eigenvalue weighted by Gasteiger charge is 2.28. The number of rotatable bonds is 12. The van der Waals surface area contributed by atoms with Gasteiger partial charge in [-0.2, -0.15) is 0 Å². The highest BCUT2D eigenvalue weighted by atomic mass is 16.7. The number of carbonyl (C=O) groups excluding carboxylic acids is 4. The van der Waals surface area contributed by atoms with E-state index in [1.54, 1.807) is 95.5 Å². The van der Waals surface area contributed by atoms with Gasteiger partial charge in [0.15, 0.2) is 6.61 Å². The van der Waals surface area contributed by atoms with Crippen LogP contribution in [0.15, 0.2) is 84.9 Å². The molecule has 0 unspecified atom stereocenters. The van der Waals surface area contributed by atoms with Crippen LogP contribution >= 0.6 is 0 Å². The lowest BCUT2D eigenvalue weighted by Gasteiger charge is -2.30. The minimum absolute atomic E-state index is 0.222. The summed E-state index contributed by atoms with van der Waals surface area (Å²) in [4.78, 5) is 61.3. The topological polar surface area (TPSA) is 99.7 Å². The minimum Gasteiger partial charge on any atom is -0.482 e. The maximum atomic E-state index is 13.6. The van der Waals surface area contributed by atoms with Crippen molar-refractivity contribution in [3.63, 3.8) is 0 Å². The molecule has 41 heavy (non-hydrogen) atoms. The first kappa shape index (κ1) is 30.8. The third kappa shape index (κ3) is 8.91. The van der Waals surface area contributed by atoms with Crippen molar-refractivity contribution < 1.29 is 28.8 Å². The predicted octanol–water partition coefficient (Wildman–Crippen LogP) is 3.91. The Labute approximate surface area is 240 Å². The number of ether oxygens (including phenoxy) is 1. The Hall–Kier alpha value is -4.70. The maximum absolute atomic E-state index is 13.6. The molecule has 3 aromatic rings. The number of hydrogen-bond acceptors (Lipinski definition) is 6. The second-order valence-corrected chi connectivity index (χ2v) is 10.2. The lowest BCUT2D eigenvalue weighted by molar-refractivity contribution is -0.215. The molecule has 0 aromatic heterocycles. The SMILES string of the molecule is CN(C(=O)COc1ccccc1N(CC(=O)N(C)c1ccccc1)C(=O)CN(C=O)OC(C)(C)C)c1ccccc1. The van der Waals surface area contributed by atoms with E-state index in [0.717, 1.165) is 5.06 Å². The van der Waals surface area contributed by atoms with E-state index in [1.165, 1.54) is 14.7 Å². The van der Waals surface area contributed by atoms with Crippen LogP contribution in [0.4, 0.5) is 17.1 Å². The average molecular weight is 561 g/mol. The van der Waals surface area contributed by atoms with Crippen molar-refractivity contribution in [2.24, 2.45) is 0 Å². The molecule has 0 atom stereocenters. The second-order valence-electron chi connectivity index (χ2n) is 10.2. The van der Waals surface area contributed by atoms with Crippen LogP contribution in [-0.2, 0) is 24.0 Å². The number of likely N-dealkylation sites (N-methyl/N-ethyl adjacent to an activating group) is 2. The molecule has 0 spiro atoms. The molecule has 0 radical (unpaired) electrons. The Morgan fingerprint density at radius 1 is 0.707 bits per heavy atom. The van der Waals surface area contributed by atoms with Crippen molar-refractivity contribution in [3.05, 3.63) is 84.9 Å². The molecule has 0 bridgehead atoms. The highest BCUT2D eigenvalue weighted by molar-refractivity contribution is 6.05. The fraction of sp³-hybridized carbons (Fsp3) is 0.290. The number of para-hydroxylation sites is 4. The van der Waals surface area contributed by atoms with Gasteiger partial charge >= 0.3 is 0 Å². The zero-order chi connectivity index (χ0) is 30.0. The lowest BCUT2D eigenvalue weighted by Crippen LogP contribution is -2.47. The van der Waals surface area contributed by atoms with Gasteiger partial charge in [0.25, 0.3) is 5.91 Å². The average Bonchev–Trinajstić information content (AvgIpc) is 2.97. The predicted molar refractivity (Wildman–Crippen MR) is 158 cm³/mol. The first-order valence-corrected chi connectivity index (χ1v) is 13.1. The molecular formula is C31H36N4O6. The first-order valence-electron chi connectivity index (χ1n) is 13.1. The molecular weight excluding hydrogens is 524 g/mol. The molecule has 0 aliphatic carbocycles. The zero-order valence-electron chi connectivity index (χ0n) is 24.0. The molecule has 0 saturated carbocycles. The van der Waals surface area contributed by atoms with E-state index in [0.29, 0.717) is 17.8 Å². The highest BCUT2D eigenvalue weighted by Crippen LogP contribution is 2.29. The van der Waals surface area contributed by atoms with Gasteiger partial charge in [-0.25, -0.2) is 5.06 Å². The normalized spacial score (nSPS) is 10.9. The summed E-state index contributed by atoms with van der Waals surface area (Å²) in [6.45, 7) is 4.12. The number of amides is 4. The molecule has 0 fully saturated rings. The second kappa shape index (κ2) is 14.1. The van der Waals surface area contributed by atoms with E-state index in [2.05, 4.69) is 0 Å². The molecule has 216 valence electrons. The van der Waals surface area contributed by atoms with Crippen molar-refractivity contribution in [2.45, 2.75) is 26.4 Å². The van der Waals surface area contributed by atoms with E-state index in [1.807, 2.05) is 24.3 Å². The van der Waals surface area contributed by atoms with E-state index in [4.69, 9.17) is 9.57 Å². The largest absolute Gasteiger partial charge is 0.482 e. The van der Waals surface area contributed by atoms with Gasteiger partial charge in [-0.1, -0.05) is 48.5 Å². The fourth-order valence-electron chi connectivity index (χ4n) is 3.84. The Bertz CT molecular complexity index is 1330.